The van der Waals surface area contributed by atoms with Crippen molar-refractivity contribution in [3.63, 3.8) is 0 Å². The monoisotopic (exact) mass is 318 g/mol. The number of esters is 1. The molecule has 0 aliphatic heterocycles. The summed E-state index contributed by atoms with van der Waals surface area (Å²) < 4.78 is 15.4. The number of nitrogens with zero attached hydrogens (tertiary/aromatic N) is 1. The van der Waals surface area contributed by atoms with E-state index in [0.29, 0.717) is 18.1 Å². The molecule has 0 aliphatic carbocycles. The lowest BCUT2D eigenvalue weighted by molar-refractivity contribution is -0.123. The van der Waals surface area contributed by atoms with Crippen molar-refractivity contribution in [2.24, 2.45) is 0 Å². The lowest BCUT2D eigenvalue weighted by atomic mass is 10.2. The van der Waals surface area contributed by atoms with Gasteiger partial charge in [0.05, 0.1) is 6.61 Å². The van der Waals surface area contributed by atoms with Gasteiger partial charge in [0.2, 0.25) is 0 Å². The molecule has 23 heavy (non-hydrogen) atoms. The van der Waals surface area contributed by atoms with Gasteiger partial charge in [-0.05, 0) is 32.9 Å². The Morgan fingerprint density at radius 2 is 2.09 bits per heavy atom. The van der Waals surface area contributed by atoms with Crippen LogP contribution in [0.4, 0.5) is 5.82 Å². The maximum Gasteiger partial charge on any atom is 0.342 e. The van der Waals surface area contributed by atoms with Crippen molar-refractivity contribution in [2.75, 3.05) is 11.9 Å². The van der Waals surface area contributed by atoms with Crippen LogP contribution in [0.15, 0.2) is 34.9 Å². The van der Waals surface area contributed by atoms with E-state index < -0.39 is 18.0 Å². The van der Waals surface area contributed by atoms with Crippen LogP contribution in [0.3, 0.4) is 0 Å². The highest BCUT2D eigenvalue weighted by Crippen LogP contribution is 2.19. The minimum Gasteiger partial charge on any atom is -0.493 e. The van der Waals surface area contributed by atoms with Crippen LogP contribution in [0.1, 0.15) is 30.0 Å². The van der Waals surface area contributed by atoms with Gasteiger partial charge in [-0.1, -0.05) is 17.3 Å². The molecule has 1 N–H and O–H groups in total. The van der Waals surface area contributed by atoms with E-state index in [-0.39, 0.29) is 11.4 Å². The fourth-order valence-corrected chi connectivity index (χ4v) is 1.85. The molecule has 7 heteroatoms. The highest BCUT2D eigenvalue weighted by Gasteiger charge is 2.22. The summed E-state index contributed by atoms with van der Waals surface area (Å²) in [5.41, 5.74) is 0.270. The quantitative estimate of drug-likeness (QED) is 0.823. The summed E-state index contributed by atoms with van der Waals surface area (Å²) in [6.07, 6.45) is -0.991. The standard InChI is InChI=1S/C16H18N2O5/c1-4-21-13-8-6-5-7-12(13)16(20)22-11(3)15(19)17-14-9-10(2)23-18-14/h5-9,11H,4H2,1-3H3,(H,17,18,19)/t11-/m0/s1. The number of nitrogens with one attached hydrogen (secondary N) is 1. The van der Waals surface area contributed by atoms with Crippen molar-refractivity contribution in [1.29, 1.82) is 0 Å². The summed E-state index contributed by atoms with van der Waals surface area (Å²) in [4.78, 5) is 24.2. The van der Waals surface area contributed by atoms with Crippen molar-refractivity contribution in [3.8, 4) is 5.75 Å². The maximum absolute atomic E-state index is 12.2. The second-order valence-corrected chi connectivity index (χ2v) is 4.79. The van der Waals surface area contributed by atoms with Gasteiger partial charge in [0, 0.05) is 6.07 Å². The molecule has 2 rings (SSSR count). The fraction of sp³-hybridized carbons (Fsp3) is 0.312. The summed E-state index contributed by atoms with van der Waals surface area (Å²) in [6.45, 7) is 5.42. The van der Waals surface area contributed by atoms with E-state index in [1.807, 2.05) is 6.92 Å². The molecule has 2 aromatic rings. The van der Waals surface area contributed by atoms with Gasteiger partial charge in [-0.25, -0.2) is 4.79 Å². The van der Waals surface area contributed by atoms with E-state index in [0.717, 1.165) is 0 Å². The van der Waals surface area contributed by atoms with Crippen molar-refractivity contribution in [1.82, 2.24) is 5.16 Å². The molecule has 122 valence electrons. The average molecular weight is 318 g/mol. The molecule has 1 aromatic heterocycles. The third kappa shape index (κ3) is 4.32. The number of benzene rings is 1. The number of ether oxygens (including phenoxy) is 2. The fourth-order valence-electron chi connectivity index (χ4n) is 1.85. The molecule has 0 spiro atoms. The predicted molar refractivity (Wildman–Crippen MR) is 82.4 cm³/mol. The molecule has 1 aromatic carbocycles. The Balaban J connectivity index is 2.00. The third-order valence-corrected chi connectivity index (χ3v) is 2.94. The Hall–Kier alpha value is -2.83. The lowest BCUT2D eigenvalue weighted by Gasteiger charge is -2.14. The zero-order valence-electron chi connectivity index (χ0n) is 13.2. The van der Waals surface area contributed by atoms with Crippen LogP contribution >= 0.6 is 0 Å². The Morgan fingerprint density at radius 1 is 1.35 bits per heavy atom. The first-order chi connectivity index (χ1) is 11.0. The first-order valence-electron chi connectivity index (χ1n) is 7.18. The number of carbonyl (C=O) groups is 2. The second kappa shape index (κ2) is 7.44. The Morgan fingerprint density at radius 3 is 2.74 bits per heavy atom. The van der Waals surface area contributed by atoms with Crippen LogP contribution in [0, 0.1) is 6.92 Å². The molecule has 0 unspecified atom stereocenters. The number of anilines is 1. The van der Waals surface area contributed by atoms with Crippen LogP contribution < -0.4 is 10.1 Å². The second-order valence-electron chi connectivity index (χ2n) is 4.79. The molecular formula is C16H18N2O5. The Bertz CT molecular complexity index is 695. The van der Waals surface area contributed by atoms with Gasteiger partial charge in [-0.3, -0.25) is 4.79 Å². The number of aryl methyl sites for hydroxylation is 1. The first-order valence-corrected chi connectivity index (χ1v) is 7.18. The van der Waals surface area contributed by atoms with Crippen LogP contribution in [-0.4, -0.2) is 29.7 Å². The zero-order valence-corrected chi connectivity index (χ0v) is 13.2. The largest absolute Gasteiger partial charge is 0.493 e. The van der Waals surface area contributed by atoms with Crippen molar-refractivity contribution in [2.45, 2.75) is 26.9 Å². The van der Waals surface area contributed by atoms with E-state index >= 15 is 0 Å². The Labute approximate surface area is 133 Å². The van der Waals surface area contributed by atoms with Gasteiger partial charge in [-0.15, -0.1) is 0 Å². The summed E-state index contributed by atoms with van der Waals surface area (Å²) >= 11 is 0. The van der Waals surface area contributed by atoms with Gasteiger partial charge in [0.25, 0.3) is 5.91 Å². The van der Waals surface area contributed by atoms with Crippen LogP contribution in [0.2, 0.25) is 0 Å². The van der Waals surface area contributed by atoms with E-state index in [2.05, 4.69) is 10.5 Å². The summed E-state index contributed by atoms with van der Waals surface area (Å²) in [5.74, 6) is 0.119. The molecule has 0 aliphatic rings. The molecule has 1 heterocycles. The lowest BCUT2D eigenvalue weighted by Crippen LogP contribution is -2.30. The number of rotatable bonds is 6. The third-order valence-electron chi connectivity index (χ3n) is 2.94. The minimum absolute atomic E-state index is 0.269. The highest BCUT2D eigenvalue weighted by molar-refractivity contribution is 5.97. The van der Waals surface area contributed by atoms with Gasteiger partial charge in [0.15, 0.2) is 11.9 Å². The predicted octanol–water partition coefficient (Wildman–Crippen LogP) is 2.57. The summed E-state index contributed by atoms with van der Waals surface area (Å²) in [6, 6.07) is 8.27. The summed E-state index contributed by atoms with van der Waals surface area (Å²) in [5, 5.41) is 6.15. The molecule has 7 nitrogen and oxygen atoms in total. The van der Waals surface area contributed by atoms with Crippen molar-refractivity contribution >= 4 is 17.7 Å². The molecule has 1 amide bonds. The van der Waals surface area contributed by atoms with Crippen molar-refractivity contribution in [3.05, 3.63) is 41.7 Å². The van der Waals surface area contributed by atoms with Gasteiger partial charge in [0.1, 0.15) is 17.1 Å². The van der Waals surface area contributed by atoms with Gasteiger partial charge < -0.3 is 19.3 Å². The smallest absolute Gasteiger partial charge is 0.342 e. The van der Waals surface area contributed by atoms with Crippen LogP contribution in [-0.2, 0) is 9.53 Å². The number of aromatic nitrogens is 1. The molecule has 0 fully saturated rings. The average Bonchev–Trinajstić information content (AvgIpc) is 2.93. The van der Waals surface area contributed by atoms with Gasteiger partial charge in [-0.2, -0.15) is 0 Å². The van der Waals surface area contributed by atoms with Crippen molar-refractivity contribution < 1.29 is 23.6 Å². The minimum atomic E-state index is -0.991. The maximum atomic E-state index is 12.2. The molecule has 0 saturated carbocycles. The molecule has 0 bridgehead atoms. The molecule has 1 atom stereocenters. The van der Waals surface area contributed by atoms with E-state index in [1.165, 1.54) is 6.92 Å². The number of amides is 1. The zero-order chi connectivity index (χ0) is 16.8. The number of para-hydroxylation sites is 1. The molecule has 0 saturated heterocycles. The van der Waals surface area contributed by atoms with E-state index in [4.69, 9.17) is 14.0 Å². The number of carbonyl (C=O) groups excluding carboxylic acids is 2. The molecular weight excluding hydrogens is 300 g/mol. The topological polar surface area (TPSA) is 90.7 Å². The van der Waals surface area contributed by atoms with E-state index in [9.17, 15) is 9.59 Å². The SMILES string of the molecule is CCOc1ccccc1C(=O)O[C@@H](C)C(=O)Nc1cc(C)on1. The first kappa shape index (κ1) is 16.5. The highest BCUT2D eigenvalue weighted by atomic mass is 16.5. The number of hydrogen-bond acceptors (Lipinski definition) is 6. The van der Waals surface area contributed by atoms with Crippen LogP contribution in [0.25, 0.3) is 0 Å². The number of hydrogen-bond donors (Lipinski definition) is 1. The van der Waals surface area contributed by atoms with Crippen LogP contribution in [0.5, 0.6) is 5.75 Å². The molecule has 0 radical (unpaired) electrons. The normalized spacial score (nSPS) is 11.6. The Kier molecular flexibility index (Phi) is 5.35. The van der Waals surface area contributed by atoms with Gasteiger partial charge >= 0.3 is 5.97 Å². The summed E-state index contributed by atoms with van der Waals surface area (Å²) in [7, 11) is 0. The van der Waals surface area contributed by atoms with E-state index in [1.54, 1.807) is 37.3 Å².